The van der Waals surface area contributed by atoms with Crippen LogP contribution in [0.2, 0.25) is 0 Å². The van der Waals surface area contributed by atoms with Crippen LogP contribution in [0.5, 0.6) is 5.75 Å². The van der Waals surface area contributed by atoms with Crippen LogP contribution in [-0.2, 0) is 6.54 Å². The zero-order chi connectivity index (χ0) is 15.5. The molecule has 0 saturated carbocycles. The third-order valence-electron chi connectivity index (χ3n) is 3.46. The normalized spacial score (nSPS) is 11.2. The van der Waals surface area contributed by atoms with Gasteiger partial charge in [-0.15, -0.1) is 0 Å². The summed E-state index contributed by atoms with van der Waals surface area (Å²) in [4.78, 5) is 16.1. The Labute approximate surface area is 128 Å². The minimum absolute atomic E-state index is 0.0425. The number of Topliss-reactive ketones (excluding diaryl/α,β-unsaturated/α-hetero) is 1. The number of hydrogen-bond acceptors (Lipinski definition) is 4. The number of ketones is 1. The number of hydrogen-bond donors (Lipinski definition) is 0. The summed E-state index contributed by atoms with van der Waals surface area (Å²) in [5.74, 6) is 0.780. The van der Waals surface area contributed by atoms with E-state index in [0.717, 1.165) is 17.8 Å². The summed E-state index contributed by atoms with van der Waals surface area (Å²) in [6, 6.07) is 3.73. The van der Waals surface area contributed by atoms with Crippen molar-refractivity contribution in [2.75, 3.05) is 6.61 Å². The largest absolute Gasteiger partial charge is 0.490 e. The van der Waals surface area contributed by atoms with E-state index < -0.39 is 0 Å². The number of carbonyl (C=O) groups is 1. The molecular weight excluding hydrogens is 280 g/mol. The van der Waals surface area contributed by atoms with Crippen molar-refractivity contribution in [2.45, 2.75) is 20.4 Å². The molecule has 22 heavy (non-hydrogen) atoms. The summed E-state index contributed by atoms with van der Waals surface area (Å²) >= 11 is 0. The van der Waals surface area contributed by atoms with Gasteiger partial charge in [-0.05, 0) is 12.1 Å². The van der Waals surface area contributed by atoms with Crippen LogP contribution < -0.4 is 4.74 Å². The molecule has 0 atom stereocenters. The highest BCUT2D eigenvalue weighted by Gasteiger charge is 2.15. The fourth-order valence-corrected chi connectivity index (χ4v) is 2.24. The molecule has 0 N–H and O–H groups in total. The number of fused-ring (bicyclic) bond motifs is 1. The van der Waals surface area contributed by atoms with Crippen LogP contribution >= 0.6 is 0 Å². The predicted octanol–water partition coefficient (Wildman–Crippen LogP) is 2.45. The quantitative estimate of drug-likeness (QED) is 0.656. The van der Waals surface area contributed by atoms with Crippen molar-refractivity contribution >= 4 is 11.3 Å². The highest BCUT2D eigenvalue weighted by atomic mass is 16.5. The Morgan fingerprint density at radius 3 is 2.95 bits per heavy atom. The molecule has 3 aromatic heterocycles. The van der Waals surface area contributed by atoms with E-state index in [0.29, 0.717) is 12.2 Å². The first-order valence-corrected chi connectivity index (χ1v) is 7.25. The van der Waals surface area contributed by atoms with E-state index in [1.54, 1.807) is 29.4 Å². The number of aromatic nitrogens is 4. The van der Waals surface area contributed by atoms with Crippen molar-refractivity contribution in [3.05, 3.63) is 48.8 Å². The zero-order valence-electron chi connectivity index (χ0n) is 12.6. The first kappa shape index (κ1) is 14.3. The van der Waals surface area contributed by atoms with Crippen LogP contribution in [0.4, 0.5) is 0 Å². The Kier molecular flexibility index (Phi) is 3.91. The molecule has 114 valence electrons. The van der Waals surface area contributed by atoms with Gasteiger partial charge < -0.3 is 9.30 Å². The Bertz CT molecular complexity index is 775. The van der Waals surface area contributed by atoms with Crippen molar-refractivity contribution in [1.29, 1.82) is 0 Å². The maximum absolute atomic E-state index is 12.1. The standard InChI is InChI=1S/C16H18N4O2/c1-12(2)16(21)14-9-18-20-10-13(3-4-15(14)20)22-8-7-19-6-5-17-11-19/h3-6,9-12H,7-8H2,1-2H3. The molecule has 6 nitrogen and oxygen atoms in total. The predicted molar refractivity (Wildman–Crippen MR) is 82.1 cm³/mol. The molecule has 0 aliphatic heterocycles. The molecule has 0 aromatic carbocycles. The first-order valence-electron chi connectivity index (χ1n) is 7.25. The molecule has 6 heteroatoms. The lowest BCUT2D eigenvalue weighted by atomic mass is 10.0. The third-order valence-corrected chi connectivity index (χ3v) is 3.46. The van der Waals surface area contributed by atoms with Gasteiger partial charge in [0.2, 0.25) is 0 Å². The molecule has 3 heterocycles. The molecule has 0 spiro atoms. The summed E-state index contributed by atoms with van der Waals surface area (Å²) in [6.07, 6.45) is 8.80. The molecule has 0 bridgehead atoms. The van der Waals surface area contributed by atoms with Gasteiger partial charge in [0.1, 0.15) is 12.4 Å². The van der Waals surface area contributed by atoms with Crippen molar-refractivity contribution in [1.82, 2.24) is 19.2 Å². The van der Waals surface area contributed by atoms with Crippen molar-refractivity contribution in [3.63, 3.8) is 0 Å². The third kappa shape index (κ3) is 2.86. The van der Waals surface area contributed by atoms with Crippen LogP contribution in [0.25, 0.3) is 5.52 Å². The average Bonchev–Trinajstić information content (AvgIpc) is 3.15. The Balaban J connectivity index is 1.72. The van der Waals surface area contributed by atoms with Gasteiger partial charge in [-0.2, -0.15) is 5.10 Å². The summed E-state index contributed by atoms with van der Waals surface area (Å²) < 4.78 is 9.34. The second kappa shape index (κ2) is 6.01. The maximum Gasteiger partial charge on any atom is 0.169 e. The SMILES string of the molecule is CC(C)C(=O)c1cnn2cc(OCCn3ccnc3)ccc12. The van der Waals surface area contributed by atoms with Gasteiger partial charge in [0.05, 0.1) is 36.3 Å². The fraction of sp³-hybridized carbons (Fsp3) is 0.312. The second-order valence-electron chi connectivity index (χ2n) is 5.42. The van der Waals surface area contributed by atoms with Crippen LogP contribution in [0, 0.1) is 5.92 Å². The van der Waals surface area contributed by atoms with Gasteiger partial charge in [0.15, 0.2) is 5.78 Å². The topological polar surface area (TPSA) is 61.4 Å². The van der Waals surface area contributed by atoms with Crippen LogP contribution in [-0.4, -0.2) is 31.6 Å². The van der Waals surface area contributed by atoms with E-state index in [1.807, 2.05) is 36.7 Å². The van der Waals surface area contributed by atoms with Gasteiger partial charge in [-0.1, -0.05) is 13.8 Å². The highest BCUT2D eigenvalue weighted by molar-refractivity contribution is 6.03. The van der Waals surface area contributed by atoms with E-state index in [-0.39, 0.29) is 11.7 Å². The minimum atomic E-state index is -0.0425. The number of rotatable bonds is 6. The van der Waals surface area contributed by atoms with E-state index >= 15 is 0 Å². The second-order valence-corrected chi connectivity index (χ2v) is 5.42. The average molecular weight is 298 g/mol. The molecule has 0 unspecified atom stereocenters. The molecule has 3 rings (SSSR count). The highest BCUT2D eigenvalue weighted by Crippen LogP contribution is 2.19. The van der Waals surface area contributed by atoms with E-state index in [2.05, 4.69) is 10.1 Å². The van der Waals surface area contributed by atoms with E-state index in [1.165, 1.54) is 0 Å². The molecule has 0 radical (unpaired) electrons. The molecule has 0 amide bonds. The van der Waals surface area contributed by atoms with E-state index in [9.17, 15) is 4.79 Å². The van der Waals surface area contributed by atoms with Crippen molar-refractivity contribution < 1.29 is 9.53 Å². The summed E-state index contributed by atoms with van der Waals surface area (Å²) in [5, 5.41) is 4.24. The van der Waals surface area contributed by atoms with Gasteiger partial charge in [0.25, 0.3) is 0 Å². The minimum Gasteiger partial charge on any atom is -0.490 e. The number of ether oxygens (including phenoxy) is 1. The van der Waals surface area contributed by atoms with Crippen LogP contribution in [0.1, 0.15) is 24.2 Å². The van der Waals surface area contributed by atoms with Crippen molar-refractivity contribution in [2.24, 2.45) is 5.92 Å². The Hall–Kier alpha value is -2.63. The van der Waals surface area contributed by atoms with Gasteiger partial charge in [-0.25, -0.2) is 9.50 Å². The molecule has 0 saturated heterocycles. The summed E-state index contributed by atoms with van der Waals surface area (Å²) in [7, 11) is 0. The molecule has 0 aliphatic rings. The smallest absolute Gasteiger partial charge is 0.169 e. The fourth-order valence-electron chi connectivity index (χ4n) is 2.24. The molecule has 0 fully saturated rings. The lowest BCUT2D eigenvalue weighted by Gasteiger charge is -2.07. The maximum atomic E-state index is 12.1. The van der Waals surface area contributed by atoms with Gasteiger partial charge >= 0.3 is 0 Å². The van der Waals surface area contributed by atoms with Crippen LogP contribution in [0.15, 0.2) is 43.2 Å². The summed E-state index contributed by atoms with van der Waals surface area (Å²) in [5.41, 5.74) is 1.46. The zero-order valence-corrected chi connectivity index (χ0v) is 12.6. The van der Waals surface area contributed by atoms with Gasteiger partial charge in [-0.3, -0.25) is 4.79 Å². The monoisotopic (exact) mass is 298 g/mol. The van der Waals surface area contributed by atoms with Crippen LogP contribution in [0.3, 0.4) is 0 Å². The lowest BCUT2D eigenvalue weighted by Crippen LogP contribution is -2.08. The lowest BCUT2D eigenvalue weighted by molar-refractivity contribution is 0.0941. The number of pyridine rings is 1. The Morgan fingerprint density at radius 2 is 2.23 bits per heavy atom. The van der Waals surface area contributed by atoms with E-state index in [4.69, 9.17) is 4.74 Å². The Morgan fingerprint density at radius 1 is 1.36 bits per heavy atom. The van der Waals surface area contributed by atoms with Gasteiger partial charge in [0, 0.05) is 18.3 Å². The number of imidazole rings is 1. The molecule has 0 aliphatic carbocycles. The molecular formula is C16H18N4O2. The number of carbonyl (C=O) groups excluding carboxylic acids is 1. The van der Waals surface area contributed by atoms with Crippen molar-refractivity contribution in [3.8, 4) is 5.75 Å². The summed E-state index contributed by atoms with van der Waals surface area (Å²) in [6.45, 7) is 5.05. The number of nitrogens with zero attached hydrogens (tertiary/aromatic N) is 4. The molecule has 3 aromatic rings. The first-order chi connectivity index (χ1) is 10.6.